The van der Waals surface area contributed by atoms with Crippen LogP contribution < -0.4 is 33.2 Å². The summed E-state index contributed by atoms with van der Waals surface area (Å²) in [4.78, 5) is 23.5. The van der Waals surface area contributed by atoms with Gasteiger partial charge < -0.3 is 11.5 Å². The Hall–Kier alpha value is -1.97. The summed E-state index contributed by atoms with van der Waals surface area (Å²) in [5.74, 6) is 11.6. The number of carbonyl (C=O) groups excluding carboxylic acids is 2. The van der Waals surface area contributed by atoms with Crippen LogP contribution in [0.1, 0.15) is 24.5 Å². The molecule has 1 rings (SSSR count). The van der Waals surface area contributed by atoms with Gasteiger partial charge in [0.1, 0.15) is 0 Å². The van der Waals surface area contributed by atoms with E-state index in [9.17, 15) is 9.59 Å². The zero-order valence-electron chi connectivity index (χ0n) is 12.9. The summed E-state index contributed by atoms with van der Waals surface area (Å²) in [6, 6.07) is 0.222. The topological polar surface area (TPSA) is 145 Å². The van der Waals surface area contributed by atoms with Crippen LogP contribution in [0.5, 0.6) is 0 Å². The van der Waals surface area contributed by atoms with Crippen LogP contribution in [-0.4, -0.2) is 18.3 Å². The fourth-order valence-corrected chi connectivity index (χ4v) is 3.15. The van der Waals surface area contributed by atoms with Crippen molar-refractivity contribution < 1.29 is 9.59 Å². The van der Waals surface area contributed by atoms with Crippen molar-refractivity contribution in [3.05, 3.63) is 17.2 Å². The average molecular weight is 326 g/mol. The molecule has 0 bridgehead atoms. The fourth-order valence-electron chi connectivity index (χ4n) is 2.27. The molecule has 4 amide bonds. The van der Waals surface area contributed by atoms with E-state index in [4.69, 9.17) is 23.2 Å². The van der Waals surface area contributed by atoms with Gasteiger partial charge in [-0.3, -0.25) is 0 Å². The highest BCUT2D eigenvalue weighted by Crippen LogP contribution is 2.41. The molecule has 122 valence electrons. The molecule has 0 aromatic heterocycles. The first-order valence-electron chi connectivity index (χ1n) is 6.65. The smallest absolute Gasteiger partial charge is 0.333 e. The molecule has 1 aromatic carbocycles. The highest BCUT2D eigenvalue weighted by Gasteiger charge is 2.25. The van der Waals surface area contributed by atoms with Crippen LogP contribution in [0.3, 0.4) is 0 Å². The lowest BCUT2D eigenvalue weighted by atomic mass is 10.0. The van der Waals surface area contributed by atoms with Gasteiger partial charge in [0.25, 0.3) is 0 Å². The molecule has 0 unspecified atom stereocenters. The molecular formula is C13H22N6O2S. The third kappa shape index (κ3) is 3.43. The van der Waals surface area contributed by atoms with Crippen LogP contribution >= 0.6 is 11.8 Å². The number of primary amides is 2. The number of amides is 4. The highest BCUT2D eigenvalue weighted by atomic mass is 32.2. The Morgan fingerprint density at radius 1 is 1.14 bits per heavy atom. The number of aryl methyl sites for hydroxylation is 2. The highest BCUT2D eigenvalue weighted by molar-refractivity contribution is 7.99. The van der Waals surface area contributed by atoms with Gasteiger partial charge in [-0.05, 0) is 30.7 Å². The molecule has 0 aliphatic heterocycles. The van der Waals surface area contributed by atoms with E-state index in [1.807, 2.05) is 19.9 Å². The SMILES string of the molecule is CCCc1cc(C)c(N(N)C(N)=O)c(SC)c1N(N)C(N)=O. The van der Waals surface area contributed by atoms with E-state index < -0.39 is 12.1 Å². The molecule has 0 atom stereocenters. The number of carbonyl (C=O) groups is 2. The molecule has 22 heavy (non-hydrogen) atoms. The maximum absolute atomic E-state index is 11.5. The Balaban J connectivity index is 3.71. The molecule has 0 aliphatic carbocycles. The predicted octanol–water partition coefficient (Wildman–Crippen LogP) is 1.19. The molecule has 8 N–H and O–H groups in total. The summed E-state index contributed by atoms with van der Waals surface area (Å²) in [5, 5.41) is 1.71. The first-order valence-corrected chi connectivity index (χ1v) is 7.87. The van der Waals surface area contributed by atoms with Crippen LogP contribution in [0.15, 0.2) is 11.0 Å². The molecule has 0 spiro atoms. The minimum atomic E-state index is -0.810. The standard InChI is InChI=1S/C13H22N6O2S/c1-4-5-8-6-7(2)9(18(16)12(14)20)11(22-3)10(8)19(17)13(15)21/h6H,4-5,16-17H2,1-3H3,(H2,14,20)(H2,15,21). The van der Waals surface area contributed by atoms with Gasteiger partial charge in [-0.1, -0.05) is 19.4 Å². The lowest BCUT2D eigenvalue weighted by Gasteiger charge is -2.27. The number of nitrogens with two attached hydrogens (primary N) is 4. The van der Waals surface area contributed by atoms with Crippen LogP contribution in [0.25, 0.3) is 0 Å². The maximum atomic E-state index is 11.5. The van der Waals surface area contributed by atoms with Crippen molar-refractivity contribution >= 4 is 35.2 Å². The van der Waals surface area contributed by atoms with Crippen molar-refractivity contribution in [2.75, 3.05) is 16.3 Å². The second-order valence-electron chi connectivity index (χ2n) is 4.75. The van der Waals surface area contributed by atoms with E-state index in [2.05, 4.69) is 0 Å². The molecule has 0 saturated heterocycles. The summed E-state index contributed by atoms with van der Waals surface area (Å²) in [7, 11) is 0. The number of hydrazine groups is 2. The second-order valence-corrected chi connectivity index (χ2v) is 5.57. The fraction of sp³-hybridized carbons (Fsp3) is 0.385. The molecule has 0 radical (unpaired) electrons. The Kier molecular flexibility index (Phi) is 6.03. The van der Waals surface area contributed by atoms with Crippen LogP contribution in [0, 0.1) is 6.92 Å². The van der Waals surface area contributed by atoms with E-state index in [0.29, 0.717) is 22.7 Å². The largest absolute Gasteiger partial charge is 0.350 e. The lowest BCUT2D eigenvalue weighted by Crippen LogP contribution is -2.44. The third-order valence-corrected chi connectivity index (χ3v) is 3.97. The van der Waals surface area contributed by atoms with Gasteiger partial charge >= 0.3 is 12.1 Å². The normalized spacial score (nSPS) is 10.4. The summed E-state index contributed by atoms with van der Waals surface area (Å²) < 4.78 is 0. The summed E-state index contributed by atoms with van der Waals surface area (Å²) >= 11 is 1.31. The summed E-state index contributed by atoms with van der Waals surface area (Å²) in [6.45, 7) is 3.82. The van der Waals surface area contributed by atoms with Gasteiger partial charge in [0.2, 0.25) is 0 Å². The summed E-state index contributed by atoms with van der Waals surface area (Å²) in [6.07, 6.45) is 3.35. The number of benzene rings is 1. The maximum Gasteiger partial charge on any atom is 0.333 e. The zero-order chi connectivity index (χ0) is 17.0. The number of hydrogen-bond acceptors (Lipinski definition) is 5. The van der Waals surface area contributed by atoms with Crippen molar-refractivity contribution in [1.82, 2.24) is 0 Å². The number of nitrogens with zero attached hydrogens (tertiary/aromatic N) is 2. The molecule has 1 aromatic rings. The Bertz CT molecular complexity index is 592. The number of rotatable bonds is 5. The van der Waals surface area contributed by atoms with E-state index in [-0.39, 0.29) is 0 Å². The molecule has 9 heteroatoms. The van der Waals surface area contributed by atoms with E-state index >= 15 is 0 Å². The van der Waals surface area contributed by atoms with E-state index in [0.717, 1.165) is 27.6 Å². The van der Waals surface area contributed by atoms with Crippen molar-refractivity contribution in [3.8, 4) is 0 Å². The first kappa shape index (κ1) is 18.1. The van der Waals surface area contributed by atoms with Crippen molar-refractivity contribution in [1.29, 1.82) is 0 Å². The van der Waals surface area contributed by atoms with E-state index in [1.165, 1.54) is 11.8 Å². The Morgan fingerprint density at radius 3 is 2.05 bits per heavy atom. The Labute approximate surface area is 133 Å². The third-order valence-electron chi connectivity index (χ3n) is 3.18. The van der Waals surface area contributed by atoms with Gasteiger partial charge in [-0.15, -0.1) is 11.8 Å². The molecule has 0 saturated carbocycles. The first-order chi connectivity index (χ1) is 10.3. The van der Waals surface area contributed by atoms with Gasteiger partial charge in [-0.2, -0.15) is 0 Å². The summed E-state index contributed by atoms with van der Waals surface area (Å²) in [5.41, 5.74) is 13.0. The number of thioether (sulfide) groups is 1. The molecule has 0 fully saturated rings. The van der Waals surface area contributed by atoms with Gasteiger partial charge in [0.05, 0.1) is 16.3 Å². The number of hydrogen-bond donors (Lipinski definition) is 4. The van der Waals surface area contributed by atoms with Crippen molar-refractivity contribution in [2.45, 2.75) is 31.6 Å². The van der Waals surface area contributed by atoms with Crippen LogP contribution in [-0.2, 0) is 6.42 Å². The molecule has 8 nitrogen and oxygen atoms in total. The molecular weight excluding hydrogens is 304 g/mol. The molecule has 0 aliphatic rings. The van der Waals surface area contributed by atoms with Crippen LogP contribution in [0.2, 0.25) is 0 Å². The van der Waals surface area contributed by atoms with Gasteiger partial charge in [-0.25, -0.2) is 31.3 Å². The minimum absolute atomic E-state index is 0.409. The monoisotopic (exact) mass is 326 g/mol. The molecule has 0 heterocycles. The van der Waals surface area contributed by atoms with Crippen molar-refractivity contribution in [2.24, 2.45) is 23.2 Å². The average Bonchev–Trinajstić information content (AvgIpc) is 2.45. The number of urea groups is 2. The van der Waals surface area contributed by atoms with Crippen molar-refractivity contribution in [3.63, 3.8) is 0 Å². The zero-order valence-corrected chi connectivity index (χ0v) is 13.7. The van der Waals surface area contributed by atoms with Crippen LogP contribution in [0.4, 0.5) is 21.0 Å². The number of anilines is 2. The minimum Gasteiger partial charge on any atom is -0.350 e. The van der Waals surface area contributed by atoms with Gasteiger partial charge in [0, 0.05) is 0 Å². The predicted molar refractivity (Wildman–Crippen MR) is 89.5 cm³/mol. The lowest BCUT2D eigenvalue weighted by molar-refractivity contribution is 0.253. The quantitative estimate of drug-likeness (QED) is 0.278. The van der Waals surface area contributed by atoms with Gasteiger partial charge in [0.15, 0.2) is 0 Å². The second kappa shape index (κ2) is 7.34. The Morgan fingerprint density at radius 2 is 1.64 bits per heavy atom. The van der Waals surface area contributed by atoms with E-state index in [1.54, 1.807) is 6.26 Å².